The Morgan fingerprint density at radius 3 is 2.95 bits per heavy atom. The number of rotatable bonds is 6. The van der Waals surface area contributed by atoms with Gasteiger partial charge in [0.15, 0.2) is 5.13 Å². The van der Waals surface area contributed by atoms with Crippen molar-refractivity contribution in [2.45, 2.75) is 57.6 Å². The molecule has 0 amide bonds. The molecule has 5 nitrogen and oxygen atoms in total. The van der Waals surface area contributed by atoms with Gasteiger partial charge in [0.1, 0.15) is 5.41 Å². The van der Waals surface area contributed by atoms with Gasteiger partial charge < -0.3 is 14.8 Å². The van der Waals surface area contributed by atoms with Gasteiger partial charge in [-0.25, -0.2) is 4.98 Å². The summed E-state index contributed by atoms with van der Waals surface area (Å²) in [5, 5.41) is 6.21. The Bertz CT molecular complexity index is 487. The predicted molar refractivity (Wildman–Crippen MR) is 83.8 cm³/mol. The molecule has 0 saturated heterocycles. The fourth-order valence-electron chi connectivity index (χ4n) is 2.58. The lowest BCUT2D eigenvalue weighted by molar-refractivity contribution is -0.148. The minimum atomic E-state index is -0.719. The van der Waals surface area contributed by atoms with Gasteiger partial charge in [-0.2, -0.15) is 0 Å². The van der Waals surface area contributed by atoms with Crippen molar-refractivity contribution in [1.82, 2.24) is 4.98 Å². The first kappa shape index (κ1) is 16.2. The summed E-state index contributed by atoms with van der Waals surface area (Å²) in [6.07, 6.45) is 3.59. The number of ether oxygens (including phenoxy) is 2. The highest BCUT2D eigenvalue weighted by atomic mass is 32.1. The molecule has 21 heavy (non-hydrogen) atoms. The number of hydrogen-bond acceptors (Lipinski definition) is 6. The summed E-state index contributed by atoms with van der Waals surface area (Å²) >= 11 is 1.53. The third-order valence-corrected chi connectivity index (χ3v) is 4.77. The van der Waals surface area contributed by atoms with Gasteiger partial charge in [0.25, 0.3) is 0 Å². The zero-order valence-corrected chi connectivity index (χ0v) is 14.0. The van der Waals surface area contributed by atoms with Crippen LogP contribution < -0.4 is 5.32 Å². The minimum absolute atomic E-state index is 0.238. The van der Waals surface area contributed by atoms with Crippen LogP contribution in [0.15, 0.2) is 5.38 Å². The van der Waals surface area contributed by atoms with Crippen molar-refractivity contribution in [3.05, 3.63) is 11.1 Å². The molecule has 0 spiro atoms. The van der Waals surface area contributed by atoms with Gasteiger partial charge in [0, 0.05) is 12.5 Å². The number of hydrogen-bond donors (Lipinski definition) is 1. The second-order valence-corrected chi connectivity index (χ2v) is 6.70. The molecule has 1 aliphatic rings. The standard InChI is InChI=1S/C15H24N2O3S/c1-5-20-13(18)15(2,3)12-9-21-14(17-12)16-10-7-6-8-11(10)19-4/h9-11H,5-8H2,1-4H3,(H,16,17). The third kappa shape index (κ3) is 3.55. The molecular formula is C15H24N2O3S. The molecule has 1 N–H and O–H groups in total. The Morgan fingerprint density at radius 1 is 1.52 bits per heavy atom. The summed E-state index contributed by atoms with van der Waals surface area (Å²) in [5.41, 5.74) is 0.0309. The molecule has 2 rings (SSSR count). The van der Waals surface area contributed by atoms with E-state index in [1.165, 1.54) is 17.8 Å². The quantitative estimate of drug-likeness (QED) is 0.818. The van der Waals surface area contributed by atoms with Crippen molar-refractivity contribution in [2.75, 3.05) is 19.0 Å². The molecule has 1 saturated carbocycles. The maximum atomic E-state index is 12.0. The van der Waals surface area contributed by atoms with Gasteiger partial charge in [0.2, 0.25) is 0 Å². The Balaban J connectivity index is 2.05. The zero-order chi connectivity index (χ0) is 15.5. The summed E-state index contributed by atoms with van der Waals surface area (Å²) in [6, 6.07) is 0.305. The van der Waals surface area contributed by atoms with Crippen LogP contribution in [-0.4, -0.2) is 36.8 Å². The molecule has 0 aliphatic heterocycles. The molecule has 1 aromatic rings. The number of nitrogens with zero attached hydrogens (tertiary/aromatic N) is 1. The van der Waals surface area contributed by atoms with Gasteiger partial charge in [0.05, 0.1) is 24.4 Å². The Morgan fingerprint density at radius 2 is 2.29 bits per heavy atom. The highest BCUT2D eigenvalue weighted by Crippen LogP contribution is 2.31. The molecule has 0 bridgehead atoms. The van der Waals surface area contributed by atoms with Gasteiger partial charge in [-0.05, 0) is 40.0 Å². The molecule has 1 aliphatic carbocycles. The van der Waals surface area contributed by atoms with Crippen LogP contribution in [0.1, 0.15) is 45.7 Å². The molecule has 1 fully saturated rings. The number of nitrogens with one attached hydrogen (secondary N) is 1. The Labute approximate surface area is 130 Å². The van der Waals surface area contributed by atoms with E-state index in [0.29, 0.717) is 12.6 Å². The first-order chi connectivity index (χ1) is 9.98. The molecule has 118 valence electrons. The van der Waals surface area contributed by atoms with Crippen LogP contribution in [0, 0.1) is 0 Å². The van der Waals surface area contributed by atoms with Crippen molar-refractivity contribution < 1.29 is 14.3 Å². The van der Waals surface area contributed by atoms with Gasteiger partial charge in [-0.15, -0.1) is 11.3 Å². The summed E-state index contributed by atoms with van der Waals surface area (Å²) in [7, 11) is 1.75. The second-order valence-electron chi connectivity index (χ2n) is 5.84. The van der Waals surface area contributed by atoms with Gasteiger partial charge in [-0.1, -0.05) is 0 Å². The lowest BCUT2D eigenvalue weighted by Crippen LogP contribution is -2.32. The molecule has 2 atom stereocenters. The first-order valence-corrected chi connectivity index (χ1v) is 8.29. The topological polar surface area (TPSA) is 60.5 Å². The van der Waals surface area contributed by atoms with Crippen molar-refractivity contribution >= 4 is 22.4 Å². The van der Waals surface area contributed by atoms with E-state index >= 15 is 0 Å². The number of methoxy groups -OCH3 is 1. The fraction of sp³-hybridized carbons (Fsp3) is 0.733. The fourth-order valence-corrected chi connectivity index (χ4v) is 3.52. The highest BCUT2D eigenvalue weighted by molar-refractivity contribution is 7.13. The number of thiazole rings is 1. The number of esters is 1. The van der Waals surface area contributed by atoms with Crippen LogP contribution in [-0.2, 0) is 19.7 Å². The van der Waals surface area contributed by atoms with Crippen molar-refractivity contribution in [1.29, 1.82) is 0 Å². The molecule has 0 aromatic carbocycles. The van der Waals surface area contributed by atoms with E-state index in [0.717, 1.165) is 23.7 Å². The van der Waals surface area contributed by atoms with Crippen LogP contribution >= 0.6 is 11.3 Å². The van der Waals surface area contributed by atoms with E-state index in [1.807, 2.05) is 26.2 Å². The van der Waals surface area contributed by atoms with Crippen molar-refractivity contribution in [2.24, 2.45) is 0 Å². The average Bonchev–Trinajstić information content (AvgIpc) is 3.08. The summed E-state index contributed by atoms with van der Waals surface area (Å²) < 4.78 is 10.6. The predicted octanol–water partition coefficient (Wildman–Crippen LogP) is 2.96. The molecular weight excluding hydrogens is 288 g/mol. The van der Waals surface area contributed by atoms with E-state index < -0.39 is 5.41 Å². The second kappa shape index (κ2) is 6.75. The molecule has 1 aromatic heterocycles. The lowest BCUT2D eigenvalue weighted by atomic mass is 9.90. The molecule has 6 heteroatoms. The molecule has 1 heterocycles. The van der Waals surface area contributed by atoms with E-state index in [2.05, 4.69) is 10.3 Å². The van der Waals surface area contributed by atoms with Crippen LogP contribution in [0.5, 0.6) is 0 Å². The van der Waals surface area contributed by atoms with Crippen LogP contribution in [0.25, 0.3) is 0 Å². The van der Waals surface area contributed by atoms with Crippen LogP contribution in [0.3, 0.4) is 0 Å². The number of carbonyl (C=O) groups excluding carboxylic acids is 1. The normalized spacial score (nSPS) is 22.3. The van der Waals surface area contributed by atoms with Crippen LogP contribution in [0.2, 0.25) is 0 Å². The molecule has 0 radical (unpaired) electrons. The smallest absolute Gasteiger partial charge is 0.317 e. The maximum absolute atomic E-state index is 12.0. The first-order valence-electron chi connectivity index (χ1n) is 7.41. The Hall–Kier alpha value is -1.14. The minimum Gasteiger partial charge on any atom is -0.465 e. The Kier molecular flexibility index (Phi) is 5.22. The zero-order valence-electron chi connectivity index (χ0n) is 13.1. The maximum Gasteiger partial charge on any atom is 0.317 e. The van der Waals surface area contributed by atoms with Crippen molar-refractivity contribution in [3.8, 4) is 0 Å². The monoisotopic (exact) mass is 312 g/mol. The number of anilines is 1. The van der Waals surface area contributed by atoms with E-state index in [9.17, 15) is 4.79 Å². The summed E-state index contributed by atoms with van der Waals surface area (Å²) in [6.45, 7) is 5.89. The van der Waals surface area contributed by atoms with Gasteiger partial charge >= 0.3 is 5.97 Å². The third-order valence-electron chi connectivity index (χ3n) is 3.99. The SMILES string of the molecule is CCOC(=O)C(C)(C)c1csc(NC2CCCC2OC)n1. The number of carbonyl (C=O) groups is 1. The van der Waals surface area contributed by atoms with E-state index in [-0.39, 0.29) is 12.1 Å². The summed E-state index contributed by atoms with van der Waals surface area (Å²) in [4.78, 5) is 16.6. The van der Waals surface area contributed by atoms with Crippen molar-refractivity contribution in [3.63, 3.8) is 0 Å². The van der Waals surface area contributed by atoms with Gasteiger partial charge in [-0.3, -0.25) is 4.79 Å². The largest absolute Gasteiger partial charge is 0.465 e. The molecule has 2 unspecified atom stereocenters. The van der Waals surface area contributed by atoms with Crippen LogP contribution in [0.4, 0.5) is 5.13 Å². The highest BCUT2D eigenvalue weighted by Gasteiger charge is 2.34. The van der Waals surface area contributed by atoms with E-state index in [1.54, 1.807) is 7.11 Å². The lowest BCUT2D eigenvalue weighted by Gasteiger charge is -2.20. The summed E-state index contributed by atoms with van der Waals surface area (Å²) in [5.74, 6) is -0.238. The van der Waals surface area contributed by atoms with E-state index in [4.69, 9.17) is 9.47 Å². The number of aromatic nitrogens is 1. The average molecular weight is 312 g/mol.